The molecule has 2 aliphatic rings. The molecule has 0 unspecified atom stereocenters. The van der Waals surface area contributed by atoms with Crippen LogP contribution in [0.2, 0.25) is 0 Å². The molecule has 1 saturated heterocycles. The molecular formula is C25H30N4O2. The molecule has 0 aliphatic carbocycles. The molecule has 162 valence electrons. The zero-order chi connectivity index (χ0) is 21.6. The number of aromatic nitrogens is 2. The van der Waals surface area contributed by atoms with Crippen LogP contribution in [0.3, 0.4) is 0 Å². The van der Waals surface area contributed by atoms with Gasteiger partial charge in [-0.1, -0.05) is 6.07 Å². The molecule has 0 saturated carbocycles. The third kappa shape index (κ3) is 3.64. The average Bonchev–Trinajstić information content (AvgIpc) is 3.24. The number of fused-ring (bicyclic) bond motifs is 2. The molecule has 3 aromatic rings. The maximum Gasteiger partial charge on any atom is 0.317 e. The van der Waals surface area contributed by atoms with Gasteiger partial charge in [-0.2, -0.15) is 0 Å². The Bertz CT molecular complexity index is 1130. The number of carbonyl (C=O) groups excluding carboxylic acids is 1. The number of carbonyl (C=O) groups is 1. The number of hydrogen-bond acceptors (Lipinski definition) is 3. The number of aryl methyl sites for hydroxylation is 2. The van der Waals surface area contributed by atoms with E-state index in [1.165, 1.54) is 22.4 Å². The van der Waals surface area contributed by atoms with Crippen LogP contribution in [-0.4, -0.2) is 45.0 Å². The molecule has 1 aromatic carbocycles. The van der Waals surface area contributed by atoms with E-state index >= 15 is 0 Å². The summed E-state index contributed by atoms with van der Waals surface area (Å²) in [7, 11) is 0. The fourth-order valence-corrected chi connectivity index (χ4v) is 4.93. The number of benzene rings is 1. The molecule has 1 spiro atoms. The first-order chi connectivity index (χ1) is 14.9. The van der Waals surface area contributed by atoms with Crippen LogP contribution in [0.15, 0.2) is 42.7 Å². The normalized spacial score (nSPS) is 17.6. The number of pyridine rings is 1. The number of urea groups is 1. The van der Waals surface area contributed by atoms with Crippen molar-refractivity contribution < 1.29 is 9.53 Å². The minimum absolute atomic E-state index is 0.0379. The monoisotopic (exact) mass is 418 g/mol. The van der Waals surface area contributed by atoms with E-state index in [0.29, 0.717) is 0 Å². The molecule has 2 amide bonds. The van der Waals surface area contributed by atoms with Crippen molar-refractivity contribution in [1.29, 1.82) is 0 Å². The summed E-state index contributed by atoms with van der Waals surface area (Å²) in [5.41, 5.74) is 5.72. The SMILES string of the molecule is Cc1c(-c2ccc3c(c2)CCC2(CCN(C(=O)NC(C)C)CC2)O3)ccc2nccn12. The number of hydrogen-bond donors (Lipinski definition) is 1. The molecule has 0 bridgehead atoms. The fraction of sp³-hybridized carbons (Fsp3) is 0.440. The van der Waals surface area contributed by atoms with Crippen molar-refractivity contribution >= 4 is 11.7 Å². The van der Waals surface area contributed by atoms with Gasteiger partial charge in [0.25, 0.3) is 0 Å². The Morgan fingerprint density at radius 3 is 2.74 bits per heavy atom. The summed E-state index contributed by atoms with van der Waals surface area (Å²) in [5, 5.41) is 3.00. The second-order valence-electron chi connectivity index (χ2n) is 9.19. The molecule has 0 radical (unpaired) electrons. The quantitative estimate of drug-likeness (QED) is 0.662. The second-order valence-corrected chi connectivity index (χ2v) is 9.19. The highest BCUT2D eigenvalue weighted by Gasteiger charge is 2.40. The van der Waals surface area contributed by atoms with Crippen molar-refractivity contribution in [3.8, 4) is 16.9 Å². The van der Waals surface area contributed by atoms with Gasteiger partial charge in [-0.05, 0) is 69.0 Å². The van der Waals surface area contributed by atoms with E-state index in [2.05, 4.69) is 52.0 Å². The van der Waals surface area contributed by atoms with E-state index in [1.807, 2.05) is 31.1 Å². The van der Waals surface area contributed by atoms with Crippen molar-refractivity contribution in [1.82, 2.24) is 19.6 Å². The predicted molar refractivity (Wildman–Crippen MR) is 122 cm³/mol. The van der Waals surface area contributed by atoms with Crippen LogP contribution in [-0.2, 0) is 6.42 Å². The van der Waals surface area contributed by atoms with Gasteiger partial charge in [0.05, 0.1) is 0 Å². The first-order valence-corrected chi connectivity index (χ1v) is 11.2. The van der Waals surface area contributed by atoms with E-state index in [1.54, 1.807) is 0 Å². The second kappa shape index (κ2) is 7.59. The molecule has 0 atom stereocenters. The lowest BCUT2D eigenvalue weighted by molar-refractivity contribution is -0.00561. The predicted octanol–water partition coefficient (Wildman–Crippen LogP) is 4.59. The Kier molecular flexibility index (Phi) is 4.88. The molecule has 6 heteroatoms. The minimum Gasteiger partial charge on any atom is -0.487 e. The molecule has 1 N–H and O–H groups in total. The van der Waals surface area contributed by atoms with Gasteiger partial charge in [-0.15, -0.1) is 0 Å². The smallest absolute Gasteiger partial charge is 0.317 e. The first kappa shape index (κ1) is 19.9. The molecule has 2 aliphatic heterocycles. The summed E-state index contributed by atoms with van der Waals surface area (Å²) in [5.74, 6) is 0.997. The molecule has 5 rings (SSSR count). The summed E-state index contributed by atoms with van der Waals surface area (Å²) in [6.07, 6.45) is 7.62. The average molecular weight is 419 g/mol. The lowest BCUT2D eigenvalue weighted by Crippen LogP contribution is -2.53. The number of likely N-dealkylation sites (tertiary alicyclic amines) is 1. The Labute approximate surface area is 183 Å². The van der Waals surface area contributed by atoms with Crippen molar-refractivity contribution in [3.63, 3.8) is 0 Å². The lowest BCUT2D eigenvalue weighted by Gasteiger charge is -2.44. The van der Waals surface area contributed by atoms with Gasteiger partial charge >= 0.3 is 6.03 Å². The zero-order valence-corrected chi connectivity index (χ0v) is 18.5. The van der Waals surface area contributed by atoms with Crippen molar-refractivity contribution in [2.75, 3.05) is 13.1 Å². The lowest BCUT2D eigenvalue weighted by atomic mass is 9.82. The molecular weight excluding hydrogens is 388 g/mol. The topological polar surface area (TPSA) is 58.9 Å². The summed E-state index contributed by atoms with van der Waals surface area (Å²) in [4.78, 5) is 18.6. The summed E-state index contributed by atoms with van der Waals surface area (Å²) in [6, 6.07) is 11.0. The van der Waals surface area contributed by atoms with E-state index < -0.39 is 0 Å². The number of rotatable bonds is 2. The Hall–Kier alpha value is -3.02. The number of nitrogens with zero attached hydrogens (tertiary/aromatic N) is 3. The third-order valence-corrected chi connectivity index (χ3v) is 6.74. The van der Waals surface area contributed by atoms with Crippen LogP contribution in [0.1, 0.15) is 44.4 Å². The van der Waals surface area contributed by atoms with Crippen LogP contribution in [0.25, 0.3) is 16.8 Å². The highest BCUT2D eigenvalue weighted by atomic mass is 16.5. The molecule has 31 heavy (non-hydrogen) atoms. The molecule has 2 aromatic heterocycles. The highest BCUT2D eigenvalue weighted by molar-refractivity contribution is 5.74. The molecule has 1 fully saturated rings. The van der Waals surface area contributed by atoms with E-state index in [0.717, 1.165) is 50.2 Å². The number of amides is 2. The largest absolute Gasteiger partial charge is 0.487 e. The Morgan fingerprint density at radius 1 is 1.16 bits per heavy atom. The van der Waals surface area contributed by atoms with Crippen molar-refractivity contribution in [2.45, 2.75) is 58.1 Å². The van der Waals surface area contributed by atoms with Crippen molar-refractivity contribution in [3.05, 3.63) is 54.0 Å². The highest BCUT2D eigenvalue weighted by Crippen LogP contribution is 2.41. The maximum atomic E-state index is 12.3. The number of piperidine rings is 1. The Balaban J connectivity index is 1.33. The van der Waals surface area contributed by atoms with E-state index in [4.69, 9.17) is 4.74 Å². The van der Waals surface area contributed by atoms with Gasteiger partial charge in [0.15, 0.2) is 0 Å². The number of nitrogens with one attached hydrogen (secondary N) is 1. The van der Waals surface area contributed by atoms with Crippen LogP contribution >= 0.6 is 0 Å². The summed E-state index contributed by atoms with van der Waals surface area (Å²) < 4.78 is 8.70. The van der Waals surface area contributed by atoms with Crippen LogP contribution in [0, 0.1) is 6.92 Å². The van der Waals surface area contributed by atoms with Crippen LogP contribution in [0.5, 0.6) is 5.75 Å². The van der Waals surface area contributed by atoms with Crippen LogP contribution in [0.4, 0.5) is 4.79 Å². The summed E-state index contributed by atoms with van der Waals surface area (Å²) in [6.45, 7) is 7.62. The minimum atomic E-state index is -0.144. The van der Waals surface area contributed by atoms with E-state index in [-0.39, 0.29) is 17.7 Å². The zero-order valence-electron chi connectivity index (χ0n) is 18.5. The standard InChI is InChI=1S/C25H30N4O2/c1-17(2)27-24(30)28-13-10-25(11-14-28)9-8-20-16-19(4-6-22(20)31-25)21-5-7-23-26-12-15-29(23)18(21)3/h4-7,12,15-17H,8-11,13-14H2,1-3H3,(H,27,30). The first-order valence-electron chi connectivity index (χ1n) is 11.2. The van der Waals surface area contributed by atoms with Gasteiger partial charge in [0.2, 0.25) is 0 Å². The number of ether oxygens (including phenoxy) is 1. The van der Waals surface area contributed by atoms with Gasteiger partial charge in [-0.3, -0.25) is 0 Å². The summed E-state index contributed by atoms with van der Waals surface area (Å²) >= 11 is 0. The van der Waals surface area contributed by atoms with Gasteiger partial charge in [-0.25, -0.2) is 9.78 Å². The third-order valence-electron chi connectivity index (χ3n) is 6.74. The molecule has 6 nitrogen and oxygen atoms in total. The Morgan fingerprint density at radius 2 is 1.97 bits per heavy atom. The van der Waals surface area contributed by atoms with E-state index in [9.17, 15) is 4.79 Å². The number of imidazole rings is 1. The maximum absolute atomic E-state index is 12.3. The van der Waals surface area contributed by atoms with Gasteiger partial charge < -0.3 is 19.4 Å². The van der Waals surface area contributed by atoms with Crippen molar-refractivity contribution in [2.24, 2.45) is 0 Å². The molecule has 4 heterocycles. The van der Waals surface area contributed by atoms with Gasteiger partial charge in [0.1, 0.15) is 17.0 Å². The van der Waals surface area contributed by atoms with Crippen LogP contribution < -0.4 is 10.1 Å². The van der Waals surface area contributed by atoms with Gasteiger partial charge in [0, 0.05) is 55.6 Å². The fourth-order valence-electron chi connectivity index (χ4n) is 4.93.